The molecule has 1 aromatic carbocycles. The van der Waals surface area contributed by atoms with Gasteiger partial charge in [0.25, 0.3) is 5.91 Å². The molecule has 17 heavy (non-hydrogen) atoms. The summed E-state index contributed by atoms with van der Waals surface area (Å²) in [7, 11) is 0. The molecule has 0 spiro atoms. The molecule has 1 aliphatic heterocycles. The smallest absolute Gasteiger partial charge is 0.256 e. The van der Waals surface area contributed by atoms with Crippen molar-refractivity contribution in [3.63, 3.8) is 0 Å². The number of hydrogen-bond donors (Lipinski definition) is 1. The normalized spacial score (nSPS) is 20.4. The second-order valence-corrected chi connectivity index (χ2v) is 4.12. The number of rotatable bonds is 1. The highest BCUT2D eigenvalue weighted by atomic mass is 19.1. The van der Waals surface area contributed by atoms with Crippen LogP contribution in [0.3, 0.4) is 0 Å². The molecule has 0 bridgehead atoms. The number of para-hydroxylation sites is 1. The molecule has 0 radical (unpaired) electrons. The monoisotopic (exact) mass is 238 g/mol. The van der Waals surface area contributed by atoms with E-state index < -0.39 is 5.82 Å². The summed E-state index contributed by atoms with van der Waals surface area (Å²) in [4.78, 5) is 13.9. The van der Waals surface area contributed by atoms with Crippen molar-refractivity contribution in [3.05, 3.63) is 29.6 Å². The average molecular weight is 238 g/mol. The van der Waals surface area contributed by atoms with Gasteiger partial charge in [0.05, 0.1) is 30.5 Å². The van der Waals surface area contributed by atoms with Gasteiger partial charge in [0.1, 0.15) is 5.82 Å². The Hall–Kier alpha value is -1.62. The van der Waals surface area contributed by atoms with Crippen molar-refractivity contribution in [2.24, 2.45) is 0 Å². The Bertz CT molecular complexity index is 437. The molecule has 1 unspecified atom stereocenters. The molecule has 1 aliphatic rings. The molecule has 0 saturated carbocycles. The van der Waals surface area contributed by atoms with Crippen molar-refractivity contribution < 1.29 is 13.9 Å². The number of nitrogens with two attached hydrogens (primary N) is 1. The average Bonchev–Trinajstić information content (AvgIpc) is 2.32. The van der Waals surface area contributed by atoms with Crippen LogP contribution in [0.15, 0.2) is 18.2 Å². The summed E-state index contributed by atoms with van der Waals surface area (Å²) >= 11 is 0. The summed E-state index contributed by atoms with van der Waals surface area (Å²) in [5.41, 5.74) is 5.72. The van der Waals surface area contributed by atoms with Gasteiger partial charge in [-0.3, -0.25) is 4.79 Å². The number of nitrogens with zero attached hydrogens (tertiary/aromatic N) is 1. The first-order valence-corrected chi connectivity index (χ1v) is 5.54. The minimum absolute atomic E-state index is 0.0149. The van der Waals surface area contributed by atoms with Gasteiger partial charge in [-0.25, -0.2) is 4.39 Å². The van der Waals surface area contributed by atoms with Crippen LogP contribution in [0.25, 0.3) is 0 Å². The van der Waals surface area contributed by atoms with Gasteiger partial charge in [0, 0.05) is 6.54 Å². The van der Waals surface area contributed by atoms with Crippen molar-refractivity contribution in [2.75, 3.05) is 25.5 Å². The summed E-state index contributed by atoms with van der Waals surface area (Å²) < 4.78 is 18.5. The molecule has 2 rings (SSSR count). The van der Waals surface area contributed by atoms with Gasteiger partial charge >= 0.3 is 0 Å². The van der Waals surface area contributed by atoms with E-state index in [9.17, 15) is 9.18 Å². The standard InChI is InChI=1S/C12H15FN2O2/c1-8-7-17-6-5-15(8)12(16)9-3-2-4-10(13)11(9)14/h2-4,8H,5-7,14H2,1H3. The Balaban J connectivity index is 2.27. The number of amides is 1. The number of morpholine rings is 1. The predicted octanol–water partition coefficient (Wildman–Crippen LogP) is 1.27. The first-order valence-electron chi connectivity index (χ1n) is 5.54. The van der Waals surface area contributed by atoms with E-state index in [0.717, 1.165) is 0 Å². The highest BCUT2D eigenvalue weighted by Crippen LogP contribution is 2.19. The molecular formula is C12H15FN2O2. The van der Waals surface area contributed by atoms with E-state index >= 15 is 0 Å². The number of ether oxygens (including phenoxy) is 1. The predicted molar refractivity (Wildman–Crippen MR) is 62.1 cm³/mol. The number of benzene rings is 1. The lowest BCUT2D eigenvalue weighted by atomic mass is 10.1. The summed E-state index contributed by atoms with van der Waals surface area (Å²) in [5, 5.41) is 0. The van der Waals surface area contributed by atoms with Crippen LogP contribution in [0.4, 0.5) is 10.1 Å². The Morgan fingerprint density at radius 2 is 2.35 bits per heavy atom. The zero-order valence-corrected chi connectivity index (χ0v) is 9.65. The largest absolute Gasteiger partial charge is 0.396 e. The van der Waals surface area contributed by atoms with Crippen molar-refractivity contribution in [1.82, 2.24) is 4.90 Å². The van der Waals surface area contributed by atoms with E-state index in [2.05, 4.69) is 0 Å². The van der Waals surface area contributed by atoms with Crippen LogP contribution >= 0.6 is 0 Å². The molecule has 1 aromatic rings. The molecule has 1 fully saturated rings. The number of anilines is 1. The fourth-order valence-electron chi connectivity index (χ4n) is 1.91. The van der Waals surface area contributed by atoms with Crippen LogP contribution in [-0.2, 0) is 4.74 Å². The first kappa shape index (κ1) is 11.9. The van der Waals surface area contributed by atoms with Crippen molar-refractivity contribution >= 4 is 11.6 Å². The zero-order valence-electron chi connectivity index (χ0n) is 9.65. The van der Waals surface area contributed by atoms with Crippen LogP contribution < -0.4 is 5.73 Å². The second kappa shape index (κ2) is 4.71. The van der Waals surface area contributed by atoms with Gasteiger partial charge in [-0.15, -0.1) is 0 Å². The van der Waals surface area contributed by atoms with E-state index in [-0.39, 0.29) is 23.2 Å². The second-order valence-electron chi connectivity index (χ2n) is 4.12. The molecule has 1 saturated heterocycles. The lowest BCUT2D eigenvalue weighted by Gasteiger charge is -2.33. The van der Waals surface area contributed by atoms with Gasteiger partial charge < -0.3 is 15.4 Å². The third kappa shape index (κ3) is 2.24. The van der Waals surface area contributed by atoms with Crippen LogP contribution in [0.1, 0.15) is 17.3 Å². The van der Waals surface area contributed by atoms with Crippen molar-refractivity contribution in [2.45, 2.75) is 13.0 Å². The quantitative estimate of drug-likeness (QED) is 0.749. The maximum atomic E-state index is 13.3. The van der Waals surface area contributed by atoms with E-state index in [1.54, 1.807) is 11.0 Å². The zero-order chi connectivity index (χ0) is 12.4. The van der Waals surface area contributed by atoms with E-state index in [4.69, 9.17) is 10.5 Å². The summed E-state index contributed by atoms with van der Waals surface area (Å²) in [6.45, 7) is 3.41. The molecular weight excluding hydrogens is 223 g/mol. The highest BCUT2D eigenvalue weighted by Gasteiger charge is 2.26. The minimum atomic E-state index is -0.559. The molecule has 92 valence electrons. The molecule has 1 atom stereocenters. The maximum absolute atomic E-state index is 13.3. The Morgan fingerprint density at radius 3 is 3.06 bits per heavy atom. The Labute approximate surface area is 99.2 Å². The van der Waals surface area contributed by atoms with Gasteiger partial charge in [0.2, 0.25) is 0 Å². The van der Waals surface area contributed by atoms with E-state index in [1.807, 2.05) is 6.92 Å². The van der Waals surface area contributed by atoms with E-state index in [1.165, 1.54) is 12.1 Å². The van der Waals surface area contributed by atoms with Crippen LogP contribution in [0.2, 0.25) is 0 Å². The molecule has 1 heterocycles. The van der Waals surface area contributed by atoms with Crippen molar-refractivity contribution in [3.8, 4) is 0 Å². The van der Waals surface area contributed by atoms with Crippen LogP contribution in [-0.4, -0.2) is 36.6 Å². The van der Waals surface area contributed by atoms with Gasteiger partial charge in [0.15, 0.2) is 0 Å². The lowest BCUT2D eigenvalue weighted by Crippen LogP contribution is -2.47. The number of halogens is 1. The number of carbonyl (C=O) groups excluding carboxylic acids is 1. The summed E-state index contributed by atoms with van der Waals surface area (Å²) in [6, 6.07) is 4.26. The summed E-state index contributed by atoms with van der Waals surface area (Å²) in [5.74, 6) is -0.797. The SMILES string of the molecule is CC1COCCN1C(=O)c1cccc(F)c1N. The molecule has 1 amide bonds. The molecule has 2 N–H and O–H groups in total. The molecule has 0 aromatic heterocycles. The molecule has 5 heteroatoms. The van der Waals surface area contributed by atoms with Crippen LogP contribution in [0.5, 0.6) is 0 Å². The van der Waals surface area contributed by atoms with Gasteiger partial charge in [-0.05, 0) is 19.1 Å². The fraction of sp³-hybridized carbons (Fsp3) is 0.417. The third-order valence-corrected chi connectivity index (χ3v) is 2.91. The van der Waals surface area contributed by atoms with Crippen LogP contribution in [0, 0.1) is 5.82 Å². The van der Waals surface area contributed by atoms with E-state index in [0.29, 0.717) is 19.8 Å². The topological polar surface area (TPSA) is 55.6 Å². The molecule has 0 aliphatic carbocycles. The summed E-state index contributed by atoms with van der Waals surface area (Å²) in [6.07, 6.45) is 0. The molecule has 4 nitrogen and oxygen atoms in total. The fourth-order valence-corrected chi connectivity index (χ4v) is 1.91. The van der Waals surface area contributed by atoms with Gasteiger partial charge in [-0.2, -0.15) is 0 Å². The highest BCUT2D eigenvalue weighted by molar-refractivity contribution is 5.99. The minimum Gasteiger partial charge on any atom is -0.396 e. The number of carbonyl (C=O) groups is 1. The lowest BCUT2D eigenvalue weighted by molar-refractivity contribution is 0.00363. The van der Waals surface area contributed by atoms with Crippen molar-refractivity contribution in [1.29, 1.82) is 0 Å². The third-order valence-electron chi connectivity index (χ3n) is 2.91. The maximum Gasteiger partial charge on any atom is 0.256 e. The van der Waals surface area contributed by atoms with Gasteiger partial charge in [-0.1, -0.05) is 6.07 Å². The number of hydrogen-bond acceptors (Lipinski definition) is 3. The Morgan fingerprint density at radius 1 is 1.59 bits per heavy atom. The number of nitrogen functional groups attached to an aromatic ring is 1. The first-order chi connectivity index (χ1) is 8.11. The Kier molecular flexibility index (Phi) is 3.28.